The molecule has 1 heteroatoms. The fourth-order valence-electron chi connectivity index (χ4n) is 10.5. The summed E-state index contributed by atoms with van der Waals surface area (Å²) < 4.78 is 0. The van der Waals surface area contributed by atoms with Crippen LogP contribution in [0.4, 0.5) is 17.1 Å². The van der Waals surface area contributed by atoms with Gasteiger partial charge in [-0.3, -0.25) is 0 Å². The van der Waals surface area contributed by atoms with E-state index < -0.39 is 5.41 Å². The van der Waals surface area contributed by atoms with Crippen molar-refractivity contribution >= 4 is 38.6 Å². The molecule has 1 aliphatic carbocycles. The molecular weight excluding hydrogens is 771 g/mol. The Kier molecular flexibility index (Phi) is 9.13. The quantitative estimate of drug-likeness (QED) is 0.138. The first kappa shape index (κ1) is 37.5. The number of benzene rings is 11. The molecule has 0 radical (unpaired) electrons. The van der Waals surface area contributed by atoms with Crippen molar-refractivity contribution in [2.75, 3.05) is 4.90 Å². The summed E-state index contributed by atoms with van der Waals surface area (Å²) in [6, 6.07) is 95.8. The Morgan fingerprint density at radius 1 is 0.281 bits per heavy atom. The molecule has 0 atom stereocenters. The number of rotatable bonds is 8. The van der Waals surface area contributed by atoms with Crippen molar-refractivity contribution in [3.63, 3.8) is 0 Å². The fourth-order valence-corrected chi connectivity index (χ4v) is 10.5. The Morgan fingerprint density at radius 2 is 0.734 bits per heavy atom. The summed E-state index contributed by atoms with van der Waals surface area (Å²) >= 11 is 0. The van der Waals surface area contributed by atoms with Gasteiger partial charge in [0.1, 0.15) is 0 Å². The average Bonchev–Trinajstić information content (AvgIpc) is 3.69. The Morgan fingerprint density at radius 3 is 1.36 bits per heavy atom. The maximum atomic E-state index is 2.46. The van der Waals surface area contributed by atoms with Gasteiger partial charge in [-0.1, -0.05) is 224 Å². The van der Waals surface area contributed by atoms with Gasteiger partial charge >= 0.3 is 0 Å². The first-order chi connectivity index (χ1) is 31.8. The lowest BCUT2D eigenvalue weighted by Gasteiger charge is -2.34. The van der Waals surface area contributed by atoms with Gasteiger partial charge in [0.15, 0.2) is 0 Å². The molecule has 0 aromatic heterocycles. The topological polar surface area (TPSA) is 3.24 Å². The Labute approximate surface area is 374 Å². The summed E-state index contributed by atoms with van der Waals surface area (Å²) in [5.74, 6) is 0. The minimum Gasteiger partial charge on any atom is -0.310 e. The lowest BCUT2D eigenvalue weighted by Crippen LogP contribution is -2.28. The number of nitrogens with zero attached hydrogens (tertiary/aromatic N) is 1. The van der Waals surface area contributed by atoms with Gasteiger partial charge in [-0.05, 0) is 119 Å². The minimum absolute atomic E-state index is 0.507. The Balaban J connectivity index is 1.04. The molecule has 11 aromatic carbocycles. The van der Waals surface area contributed by atoms with E-state index in [-0.39, 0.29) is 0 Å². The highest BCUT2D eigenvalue weighted by atomic mass is 15.1. The molecule has 0 spiro atoms. The van der Waals surface area contributed by atoms with E-state index in [4.69, 9.17) is 0 Å². The van der Waals surface area contributed by atoms with Crippen LogP contribution in [0.15, 0.2) is 261 Å². The van der Waals surface area contributed by atoms with Crippen molar-refractivity contribution in [2.24, 2.45) is 0 Å². The van der Waals surface area contributed by atoms with Gasteiger partial charge in [0.05, 0.1) is 11.1 Å². The van der Waals surface area contributed by atoms with Crippen molar-refractivity contribution in [1.82, 2.24) is 0 Å². The van der Waals surface area contributed by atoms with Crippen LogP contribution < -0.4 is 4.90 Å². The maximum absolute atomic E-state index is 2.46. The van der Waals surface area contributed by atoms with E-state index in [1.54, 1.807) is 0 Å². The SMILES string of the molecule is c1ccc(-c2ccc(-c3ccc(N(c4ccc(-c5cc6ccccc6c6ccccc56)cc4)c4cccc5c4-c4ccccc4C5(c4ccccc4)c4ccccc4)cc3)cc2)cc1. The van der Waals surface area contributed by atoms with Crippen LogP contribution in [0.3, 0.4) is 0 Å². The normalized spacial score (nSPS) is 12.5. The monoisotopic (exact) mass is 813 g/mol. The van der Waals surface area contributed by atoms with Crippen LogP contribution in [0, 0.1) is 0 Å². The highest BCUT2D eigenvalue weighted by Crippen LogP contribution is 2.59. The second kappa shape index (κ2) is 15.6. The molecular formula is C63H43N. The molecule has 0 aliphatic heterocycles. The fraction of sp³-hybridized carbons (Fsp3) is 0.0159. The van der Waals surface area contributed by atoms with E-state index in [1.807, 2.05) is 0 Å². The summed E-state index contributed by atoms with van der Waals surface area (Å²) in [6.45, 7) is 0. The summed E-state index contributed by atoms with van der Waals surface area (Å²) in [5, 5.41) is 5.06. The lowest BCUT2D eigenvalue weighted by molar-refractivity contribution is 0.768. The molecule has 0 N–H and O–H groups in total. The lowest BCUT2D eigenvalue weighted by atomic mass is 9.68. The van der Waals surface area contributed by atoms with Gasteiger partial charge in [-0.2, -0.15) is 0 Å². The number of hydrogen-bond donors (Lipinski definition) is 0. The van der Waals surface area contributed by atoms with E-state index in [0.717, 1.165) is 17.1 Å². The molecule has 1 nitrogen and oxygen atoms in total. The summed E-state index contributed by atoms with van der Waals surface area (Å²) in [6.07, 6.45) is 0. The van der Waals surface area contributed by atoms with E-state index in [9.17, 15) is 0 Å². The highest BCUT2D eigenvalue weighted by Gasteiger charge is 2.47. The molecule has 0 amide bonds. The van der Waals surface area contributed by atoms with Gasteiger partial charge in [-0.25, -0.2) is 0 Å². The zero-order valence-electron chi connectivity index (χ0n) is 35.3. The van der Waals surface area contributed by atoms with E-state index >= 15 is 0 Å². The third-order valence-electron chi connectivity index (χ3n) is 13.4. The van der Waals surface area contributed by atoms with E-state index in [0.29, 0.717) is 0 Å². The summed E-state index contributed by atoms with van der Waals surface area (Å²) in [7, 11) is 0. The van der Waals surface area contributed by atoms with Crippen LogP contribution in [0.5, 0.6) is 0 Å². The second-order valence-corrected chi connectivity index (χ2v) is 16.8. The van der Waals surface area contributed by atoms with Crippen LogP contribution >= 0.6 is 0 Å². The molecule has 64 heavy (non-hydrogen) atoms. The van der Waals surface area contributed by atoms with Gasteiger partial charge in [-0.15, -0.1) is 0 Å². The van der Waals surface area contributed by atoms with Crippen LogP contribution in [-0.2, 0) is 5.41 Å². The summed E-state index contributed by atoms with van der Waals surface area (Å²) in [4.78, 5) is 2.46. The molecule has 0 bridgehead atoms. The predicted molar refractivity (Wildman–Crippen MR) is 270 cm³/mol. The highest BCUT2D eigenvalue weighted by molar-refractivity contribution is 6.13. The van der Waals surface area contributed by atoms with Crippen molar-refractivity contribution < 1.29 is 0 Å². The smallest absolute Gasteiger partial charge is 0.0714 e. The standard InChI is InChI=1S/C63H43N/c1-4-17-44(18-5-1)45-31-33-46(34-32-45)47-35-39-52(40-36-47)64(53-41-37-48(38-42-53)58-43-49-19-10-11-24-54(49)55-25-12-13-26-56(55)58)61-30-16-29-60-62(61)57-27-14-15-28-59(57)63(60,50-20-6-2-7-21-50)51-22-8-3-9-23-51/h1-43H. The van der Waals surface area contributed by atoms with Crippen molar-refractivity contribution in [2.45, 2.75) is 5.41 Å². The molecule has 0 saturated heterocycles. The van der Waals surface area contributed by atoms with Crippen LogP contribution in [0.2, 0.25) is 0 Å². The number of anilines is 3. The third-order valence-corrected chi connectivity index (χ3v) is 13.4. The van der Waals surface area contributed by atoms with E-state index in [1.165, 1.54) is 88.3 Å². The predicted octanol–water partition coefficient (Wildman–Crippen LogP) is 16.8. The first-order valence-electron chi connectivity index (χ1n) is 22.2. The zero-order chi connectivity index (χ0) is 42.5. The van der Waals surface area contributed by atoms with Crippen LogP contribution in [0.1, 0.15) is 22.3 Å². The molecule has 0 saturated carbocycles. The van der Waals surface area contributed by atoms with Crippen molar-refractivity contribution in [1.29, 1.82) is 0 Å². The third kappa shape index (κ3) is 6.08. The average molecular weight is 814 g/mol. The number of fused-ring (bicyclic) bond motifs is 6. The minimum atomic E-state index is -0.507. The molecule has 0 fully saturated rings. The van der Waals surface area contributed by atoms with Crippen LogP contribution in [0.25, 0.3) is 66.1 Å². The largest absolute Gasteiger partial charge is 0.310 e. The molecule has 1 aliphatic rings. The molecule has 11 aromatic rings. The molecule has 0 heterocycles. The molecule has 0 unspecified atom stereocenters. The number of hydrogen-bond acceptors (Lipinski definition) is 1. The van der Waals surface area contributed by atoms with Gasteiger partial charge in [0, 0.05) is 16.9 Å². The van der Waals surface area contributed by atoms with E-state index in [2.05, 4.69) is 266 Å². The van der Waals surface area contributed by atoms with Gasteiger partial charge < -0.3 is 4.90 Å². The first-order valence-corrected chi connectivity index (χ1v) is 22.2. The zero-order valence-corrected chi connectivity index (χ0v) is 35.3. The van der Waals surface area contributed by atoms with Crippen molar-refractivity contribution in [3.05, 3.63) is 283 Å². The van der Waals surface area contributed by atoms with Crippen molar-refractivity contribution in [3.8, 4) is 44.5 Å². The van der Waals surface area contributed by atoms with Gasteiger partial charge in [0.25, 0.3) is 0 Å². The molecule has 300 valence electrons. The Hall–Kier alpha value is -8.26. The van der Waals surface area contributed by atoms with Crippen LogP contribution in [-0.4, -0.2) is 0 Å². The Bertz CT molecular complexity index is 3410. The maximum Gasteiger partial charge on any atom is 0.0714 e. The van der Waals surface area contributed by atoms with Gasteiger partial charge in [0.2, 0.25) is 0 Å². The summed E-state index contributed by atoms with van der Waals surface area (Å²) in [5.41, 5.74) is 17.6. The molecule has 12 rings (SSSR count). The second-order valence-electron chi connectivity index (χ2n) is 16.8.